The van der Waals surface area contributed by atoms with Gasteiger partial charge in [-0.3, -0.25) is 19.1 Å². The monoisotopic (exact) mass is 418 g/mol. The van der Waals surface area contributed by atoms with Crippen LogP contribution in [-0.2, 0) is 13.6 Å². The number of aromatic nitrogens is 4. The van der Waals surface area contributed by atoms with Crippen LogP contribution < -0.4 is 5.69 Å². The van der Waals surface area contributed by atoms with Crippen LogP contribution in [0.2, 0.25) is 0 Å². The van der Waals surface area contributed by atoms with E-state index >= 15 is 0 Å². The molecule has 0 aliphatic heterocycles. The number of pyridine rings is 2. The van der Waals surface area contributed by atoms with Crippen LogP contribution in [0.25, 0.3) is 22.4 Å². The number of imidazole rings is 1. The van der Waals surface area contributed by atoms with Gasteiger partial charge in [-0.05, 0) is 24.0 Å². The first-order valence-corrected chi connectivity index (χ1v) is 9.13. The molecule has 28 heavy (non-hydrogen) atoms. The van der Waals surface area contributed by atoms with Crippen molar-refractivity contribution < 1.29 is 22.0 Å². The van der Waals surface area contributed by atoms with Crippen LogP contribution >= 0.6 is 11.8 Å². The van der Waals surface area contributed by atoms with E-state index in [1.807, 2.05) is 13.0 Å². The minimum atomic E-state index is -5.76. The third kappa shape index (κ3) is 3.50. The third-order valence-electron chi connectivity index (χ3n) is 4.12. The van der Waals surface area contributed by atoms with E-state index in [0.29, 0.717) is 16.0 Å². The molecule has 0 aliphatic rings. The van der Waals surface area contributed by atoms with Gasteiger partial charge in [-0.25, -0.2) is 4.79 Å². The molecule has 0 aliphatic carbocycles. The van der Waals surface area contributed by atoms with Gasteiger partial charge in [0.2, 0.25) is 0 Å². The molecule has 0 saturated heterocycles. The number of nitrogens with zero attached hydrogens (tertiary/aromatic N) is 4. The van der Waals surface area contributed by atoms with Gasteiger partial charge in [0, 0.05) is 18.1 Å². The molecule has 0 fully saturated rings. The van der Waals surface area contributed by atoms with E-state index in [0.717, 1.165) is 21.4 Å². The summed E-state index contributed by atoms with van der Waals surface area (Å²) in [6.45, 7) is 0.150. The maximum atomic E-state index is 13.5. The summed E-state index contributed by atoms with van der Waals surface area (Å²) in [5, 5.41) is 0. The van der Waals surface area contributed by atoms with E-state index < -0.39 is 24.3 Å². The Hall–Kier alpha value is -2.43. The van der Waals surface area contributed by atoms with E-state index in [1.165, 1.54) is 24.9 Å². The molecule has 3 aromatic rings. The van der Waals surface area contributed by atoms with Crippen LogP contribution in [0.5, 0.6) is 0 Å². The standard InChI is InChI=1S/C17H15F5N4OS/c1-3-28-13-5-4-6-23-14(13)10-7-11-12(8-24-10)26(15(27)25(11)2)9-16(18,19)17(20,21)22/h4-8H,3,9H2,1-2H3. The fraction of sp³-hybridized carbons (Fsp3) is 0.353. The molecule has 0 amide bonds. The molecule has 0 bridgehead atoms. The lowest BCUT2D eigenvalue weighted by Crippen LogP contribution is -2.42. The molecule has 0 saturated carbocycles. The molecule has 0 spiro atoms. The number of hydrogen-bond acceptors (Lipinski definition) is 4. The highest BCUT2D eigenvalue weighted by atomic mass is 32.2. The first-order valence-electron chi connectivity index (χ1n) is 8.15. The average molecular weight is 418 g/mol. The predicted molar refractivity (Wildman–Crippen MR) is 95.6 cm³/mol. The summed E-state index contributed by atoms with van der Waals surface area (Å²) < 4.78 is 66.1. The van der Waals surface area contributed by atoms with Gasteiger partial charge < -0.3 is 0 Å². The van der Waals surface area contributed by atoms with Crippen LogP contribution in [0.1, 0.15) is 6.92 Å². The van der Waals surface area contributed by atoms with Gasteiger partial charge in [0.25, 0.3) is 0 Å². The van der Waals surface area contributed by atoms with Gasteiger partial charge in [-0.1, -0.05) is 6.92 Å². The van der Waals surface area contributed by atoms with Crippen molar-refractivity contribution in [3.8, 4) is 11.4 Å². The lowest BCUT2D eigenvalue weighted by atomic mass is 10.2. The van der Waals surface area contributed by atoms with Crippen molar-refractivity contribution in [3.05, 3.63) is 41.1 Å². The van der Waals surface area contributed by atoms with E-state index in [9.17, 15) is 26.7 Å². The van der Waals surface area contributed by atoms with E-state index in [2.05, 4.69) is 9.97 Å². The molecule has 5 nitrogen and oxygen atoms in total. The Morgan fingerprint density at radius 3 is 2.50 bits per heavy atom. The molecule has 0 radical (unpaired) electrons. The van der Waals surface area contributed by atoms with Crippen molar-refractivity contribution in [3.63, 3.8) is 0 Å². The lowest BCUT2D eigenvalue weighted by Gasteiger charge is -2.19. The van der Waals surface area contributed by atoms with Crippen molar-refractivity contribution in [2.24, 2.45) is 7.05 Å². The van der Waals surface area contributed by atoms with Gasteiger partial charge in [-0.15, -0.1) is 11.8 Å². The van der Waals surface area contributed by atoms with Crippen LogP contribution in [0, 0.1) is 0 Å². The summed E-state index contributed by atoms with van der Waals surface area (Å²) in [6.07, 6.45) is -3.08. The Morgan fingerprint density at radius 1 is 1.14 bits per heavy atom. The summed E-state index contributed by atoms with van der Waals surface area (Å²) in [5.41, 5.74) is 0.0189. The summed E-state index contributed by atoms with van der Waals surface area (Å²) in [5.74, 6) is -4.27. The van der Waals surface area contributed by atoms with Gasteiger partial charge in [0.1, 0.15) is 12.2 Å². The van der Waals surface area contributed by atoms with Crippen molar-refractivity contribution in [2.75, 3.05) is 5.75 Å². The lowest BCUT2D eigenvalue weighted by molar-refractivity contribution is -0.286. The Morgan fingerprint density at radius 2 is 1.86 bits per heavy atom. The van der Waals surface area contributed by atoms with Crippen LogP contribution in [0.15, 0.2) is 40.3 Å². The average Bonchev–Trinajstić information content (AvgIpc) is 2.86. The number of hydrogen-bond donors (Lipinski definition) is 0. The Labute approximate surface area is 160 Å². The smallest absolute Gasteiger partial charge is 0.295 e. The molecular weight excluding hydrogens is 403 g/mol. The van der Waals surface area contributed by atoms with E-state index in [-0.39, 0.29) is 11.0 Å². The first-order chi connectivity index (χ1) is 13.1. The number of aryl methyl sites for hydroxylation is 1. The van der Waals surface area contributed by atoms with E-state index in [1.54, 1.807) is 12.3 Å². The minimum absolute atomic E-state index is 0.110. The van der Waals surface area contributed by atoms with Gasteiger partial charge in [0.15, 0.2) is 0 Å². The zero-order chi connectivity index (χ0) is 20.7. The molecule has 0 atom stereocenters. The minimum Gasteiger partial charge on any atom is -0.295 e. The fourth-order valence-electron chi connectivity index (χ4n) is 2.73. The summed E-state index contributed by atoms with van der Waals surface area (Å²) in [6, 6.07) is 5.06. The van der Waals surface area contributed by atoms with Gasteiger partial charge in [-0.2, -0.15) is 22.0 Å². The van der Waals surface area contributed by atoms with Crippen LogP contribution in [0.4, 0.5) is 22.0 Å². The number of alkyl halides is 5. The molecular formula is C17H15F5N4OS. The number of thioether (sulfide) groups is 1. The maximum absolute atomic E-state index is 13.5. The zero-order valence-electron chi connectivity index (χ0n) is 14.8. The van der Waals surface area contributed by atoms with Gasteiger partial charge in [0.05, 0.1) is 22.9 Å². The molecule has 0 N–H and O–H groups in total. The van der Waals surface area contributed by atoms with Crippen LogP contribution in [-0.4, -0.2) is 37.0 Å². The van der Waals surface area contributed by atoms with Crippen molar-refractivity contribution in [1.29, 1.82) is 0 Å². The quantitative estimate of drug-likeness (QED) is 0.462. The molecule has 150 valence electrons. The summed E-state index contributed by atoms with van der Waals surface area (Å²) >= 11 is 1.52. The topological polar surface area (TPSA) is 52.7 Å². The zero-order valence-corrected chi connectivity index (χ0v) is 15.6. The number of fused-ring (bicyclic) bond motifs is 1. The van der Waals surface area contributed by atoms with Crippen molar-refractivity contribution in [2.45, 2.75) is 30.5 Å². The molecule has 0 unspecified atom stereocenters. The third-order valence-corrected chi connectivity index (χ3v) is 5.05. The Kier molecular flexibility index (Phi) is 5.22. The highest BCUT2D eigenvalue weighted by Crippen LogP contribution is 2.37. The van der Waals surface area contributed by atoms with E-state index in [4.69, 9.17) is 0 Å². The van der Waals surface area contributed by atoms with Gasteiger partial charge >= 0.3 is 17.8 Å². The summed E-state index contributed by atoms with van der Waals surface area (Å²) in [7, 11) is 1.30. The number of rotatable bonds is 5. The first kappa shape index (κ1) is 20.3. The second-order valence-electron chi connectivity index (χ2n) is 5.97. The second kappa shape index (κ2) is 7.19. The van der Waals surface area contributed by atoms with Crippen LogP contribution in [0.3, 0.4) is 0 Å². The molecule has 11 heteroatoms. The molecule has 3 aromatic heterocycles. The fourth-order valence-corrected chi connectivity index (χ4v) is 3.51. The van der Waals surface area contributed by atoms with Crippen molar-refractivity contribution in [1.82, 2.24) is 19.1 Å². The molecule has 0 aromatic carbocycles. The Balaban J connectivity index is 2.13. The second-order valence-corrected chi connectivity index (χ2v) is 7.28. The molecule has 3 rings (SSSR count). The summed E-state index contributed by atoms with van der Waals surface area (Å²) in [4.78, 5) is 21.6. The number of halogens is 5. The van der Waals surface area contributed by atoms with Crippen molar-refractivity contribution >= 4 is 22.8 Å². The normalized spacial score (nSPS) is 12.7. The predicted octanol–water partition coefficient (Wildman–Crippen LogP) is 4.11. The largest absolute Gasteiger partial charge is 0.455 e. The highest BCUT2D eigenvalue weighted by molar-refractivity contribution is 7.99. The maximum Gasteiger partial charge on any atom is 0.455 e. The molecule has 3 heterocycles. The highest BCUT2D eigenvalue weighted by Gasteiger charge is 2.58. The Bertz CT molecular complexity index is 1070. The SMILES string of the molecule is CCSc1cccnc1-c1cc2c(cn1)n(CC(F)(F)C(F)(F)F)c(=O)n2C.